The number of rotatable bonds is 2. The molecule has 0 fully saturated rings. The topological polar surface area (TPSA) is 70.1 Å². The Labute approximate surface area is 95.6 Å². The number of carbonyl (C=O) groups excluding carboxylic acids is 1. The smallest absolute Gasteiger partial charge is 0.331 e. The number of nitrogens with two attached hydrogens (primary N) is 1. The van der Waals surface area contributed by atoms with Crippen molar-refractivity contribution in [1.82, 2.24) is 9.78 Å². The largest absolute Gasteiger partial charge is 0.458 e. The van der Waals surface area contributed by atoms with Gasteiger partial charge in [0, 0.05) is 11.8 Å². The van der Waals surface area contributed by atoms with Crippen LogP contribution in [0.5, 0.6) is 0 Å². The second kappa shape index (κ2) is 4.15. The molecule has 0 radical (unpaired) electrons. The number of anilines is 1. The van der Waals surface area contributed by atoms with Crippen molar-refractivity contribution in [3.05, 3.63) is 11.8 Å². The molecule has 1 unspecified atom stereocenters. The minimum atomic E-state index is -0.487. The third kappa shape index (κ3) is 2.98. The van der Waals surface area contributed by atoms with Crippen molar-refractivity contribution in [2.75, 3.05) is 5.73 Å². The van der Waals surface area contributed by atoms with Crippen LogP contribution in [-0.2, 0) is 9.53 Å². The maximum absolute atomic E-state index is 11.8. The lowest BCUT2D eigenvalue weighted by Crippen LogP contribution is -2.29. The van der Waals surface area contributed by atoms with Crippen LogP contribution in [-0.4, -0.2) is 21.4 Å². The average molecular weight is 225 g/mol. The highest BCUT2D eigenvalue weighted by molar-refractivity contribution is 5.74. The van der Waals surface area contributed by atoms with Gasteiger partial charge in [0.05, 0.1) is 0 Å². The van der Waals surface area contributed by atoms with E-state index in [2.05, 4.69) is 5.10 Å². The fraction of sp³-hybridized carbons (Fsp3) is 0.636. The van der Waals surface area contributed by atoms with Crippen LogP contribution >= 0.6 is 0 Å². The number of ether oxygens (including phenoxy) is 1. The highest BCUT2D eigenvalue weighted by Gasteiger charge is 2.23. The first-order chi connectivity index (χ1) is 7.20. The zero-order chi connectivity index (χ0) is 12.5. The van der Waals surface area contributed by atoms with Gasteiger partial charge in [-0.1, -0.05) is 0 Å². The van der Waals surface area contributed by atoms with E-state index in [9.17, 15) is 4.79 Å². The van der Waals surface area contributed by atoms with Gasteiger partial charge in [-0.3, -0.25) is 4.68 Å². The Kier molecular flexibility index (Phi) is 3.26. The molecule has 0 bridgehead atoms. The van der Waals surface area contributed by atoms with Crippen molar-refractivity contribution in [1.29, 1.82) is 0 Å². The first-order valence-corrected chi connectivity index (χ1v) is 5.25. The van der Waals surface area contributed by atoms with Gasteiger partial charge in [0.15, 0.2) is 0 Å². The summed E-state index contributed by atoms with van der Waals surface area (Å²) in [6, 6.07) is -0.463. The van der Waals surface area contributed by atoms with Gasteiger partial charge >= 0.3 is 5.97 Å². The Morgan fingerprint density at radius 1 is 1.56 bits per heavy atom. The molecule has 1 heterocycles. The standard InChI is InChI=1S/C11H19N3O2/c1-7-6-14(13-9(7)12)8(2)10(15)16-11(3,4)5/h6,8H,1-5H3,(H2,12,13). The van der Waals surface area contributed by atoms with Crippen molar-refractivity contribution >= 4 is 11.8 Å². The molecule has 5 nitrogen and oxygen atoms in total. The number of aryl methyl sites for hydroxylation is 1. The molecule has 0 aliphatic rings. The molecule has 1 aromatic rings. The number of esters is 1. The molecule has 2 N–H and O–H groups in total. The molecule has 1 aromatic heterocycles. The summed E-state index contributed by atoms with van der Waals surface area (Å²) in [7, 11) is 0. The van der Waals surface area contributed by atoms with E-state index < -0.39 is 11.6 Å². The summed E-state index contributed by atoms with van der Waals surface area (Å²) in [5.74, 6) is 0.130. The SMILES string of the molecule is Cc1cn(C(C)C(=O)OC(C)(C)C)nc1N. The Balaban J connectivity index is 2.78. The predicted octanol–water partition coefficient (Wildman–Crippen LogP) is 1.68. The zero-order valence-corrected chi connectivity index (χ0v) is 10.4. The Bertz CT molecular complexity index is 371. The maximum atomic E-state index is 11.8. The van der Waals surface area contributed by atoms with Crippen LogP contribution in [0.3, 0.4) is 0 Å². The van der Waals surface area contributed by atoms with Crippen LogP contribution < -0.4 is 5.73 Å². The molecule has 0 spiro atoms. The van der Waals surface area contributed by atoms with Crippen LogP contribution in [0.25, 0.3) is 0 Å². The summed E-state index contributed by atoms with van der Waals surface area (Å²) in [5, 5.41) is 4.05. The van der Waals surface area contributed by atoms with Gasteiger partial charge < -0.3 is 10.5 Å². The molecule has 0 saturated heterocycles. The first-order valence-electron chi connectivity index (χ1n) is 5.25. The van der Waals surface area contributed by atoms with E-state index in [0.29, 0.717) is 5.82 Å². The van der Waals surface area contributed by atoms with E-state index in [1.165, 1.54) is 4.68 Å². The molecule has 1 rings (SSSR count). The quantitative estimate of drug-likeness (QED) is 0.777. The number of aromatic nitrogens is 2. The summed E-state index contributed by atoms with van der Waals surface area (Å²) < 4.78 is 6.79. The van der Waals surface area contributed by atoms with Gasteiger partial charge in [0.25, 0.3) is 0 Å². The van der Waals surface area contributed by atoms with Crippen molar-refractivity contribution < 1.29 is 9.53 Å². The van der Waals surface area contributed by atoms with Crippen LogP contribution in [0, 0.1) is 6.92 Å². The fourth-order valence-electron chi connectivity index (χ4n) is 1.19. The molecule has 1 atom stereocenters. The molecule has 0 saturated carbocycles. The summed E-state index contributed by atoms with van der Waals surface area (Å²) in [6.45, 7) is 9.08. The Hall–Kier alpha value is -1.52. The van der Waals surface area contributed by atoms with Crippen LogP contribution in [0.1, 0.15) is 39.3 Å². The minimum absolute atomic E-state index is 0.310. The van der Waals surface area contributed by atoms with Crippen molar-refractivity contribution in [3.63, 3.8) is 0 Å². The van der Waals surface area contributed by atoms with Crippen molar-refractivity contribution in [2.45, 2.75) is 46.3 Å². The van der Waals surface area contributed by atoms with E-state index in [4.69, 9.17) is 10.5 Å². The lowest BCUT2D eigenvalue weighted by molar-refractivity contribution is -0.158. The Morgan fingerprint density at radius 2 is 2.12 bits per heavy atom. The predicted molar refractivity (Wildman–Crippen MR) is 61.9 cm³/mol. The van der Waals surface area contributed by atoms with Gasteiger partial charge in [0.1, 0.15) is 17.5 Å². The molecule has 0 aliphatic heterocycles. The monoisotopic (exact) mass is 225 g/mol. The highest BCUT2D eigenvalue weighted by atomic mass is 16.6. The lowest BCUT2D eigenvalue weighted by Gasteiger charge is -2.22. The molecule has 0 aromatic carbocycles. The summed E-state index contributed by atoms with van der Waals surface area (Å²) in [4.78, 5) is 11.8. The lowest BCUT2D eigenvalue weighted by atomic mass is 10.2. The molecule has 5 heteroatoms. The number of hydrogen-bond donors (Lipinski definition) is 1. The van der Waals surface area contributed by atoms with E-state index in [1.54, 1.807) is 13.1 Å². The van der Waals surface area contributed by atoms with Crippen LogP contribution in [0.4, 0.5) is 5.82 Å². The van der Waals surface area contributed by atoms with Crippen molar-refractivity contribution in [2.24, 2.45) is 0 Å². The Morgan fingerprint density at radius 3 is 2.50 bits per heavy atom. The maximum Gasteiger partial charge on any atom is 0.331 e. The molecular formula is C11H19N3O2. The van der Waals surface area contributed by atoms with Gasteiger partial charge in [-0.05, 0) is 34.6 Å². The fourth-order valence-corrected chi connectivity index (χ4v) is 1.19. The molecular weight excluding hydrogens is 206 g/mol. The van der Waals surface area contributed by atoms with Crippen molar-refractivity contribution in [3.8, 4) is 0 Å². The third-order valence-electron chi connectivity index (χ3n) is 2.10. The van der Waals surface area contributed by atoms with E-state index >= 15 is 0 Å². The van der Waals surface area contributed by atoms with E-state index in [-0.39, 0.29) is 5.97 Å². The molecule has 90 valence electrons. The normalized spacial score (nSPS) is 13.6. The highest BCUT2D eigenvalue weighted by Crippen LogP contribution is 2.16. The van der Waals surface area contributed by atoms with Gasteiger partial charge in [0.2, 0.25) is 0 Å². The molecule has 16 heavy (non-hydrogen) atoms. The number of hydrogen-bond acceptors (Lipinski definition) is 4. The van der Waals surface area contributed by atoms with Gasteiger partial charge in [-0.15, -0.1) is 0 Å². The number of nitrogen functional groups attached to an aromatic ring is 1. The van der Waals surface area contributed by atoms with Crippen LogP contribution in [0.15, 0.2) is 6.20 Å². The van der Waals surface area contributed by atoms with E-state index in [1.807, 2.05) is 27.7 Å². The summed E-state index contributed by atoms with van der Waals surface area (Å²) in [5.41, 5.74) is 5.99. The molecule has 0 amide bonds. The summed E-state index contributed by atoms with van der Waals surface area (Å²) in [6.07, 6.45) is 1.74. The van der Waals surface area contributed by atoms with Gasteiger partial charge in [-0.2, -0.15) is 5.10 Å². The van der Waals surface area contributed by atoms with E-state index in [0.717, 1.165) is 5.56 Å². The summed E-state index contributed by atoms with van der Waals surface area (Å²) >= 11 is 0. The minimum Gasteiger partial charge on any atom is -0.458 e. The zero-order valence-electron chi connectivity index (χ0n) is 10.4. The first kappa shape index (κ1) is 12.5. The second-order valence-electron chi connectivity index (χ2n) is 4.89. The van der Waals surface area contributed by atoms with Crippen LogP contribution in [0.2, 0.25) is 0 Å². The number of nitrogens with zero attached hydrogens (tertiary/aromatic N) is 2. The van der Waals surface area contributed by atoms with Gasteiger partial charge in [-0.25, -0.2) is 4.79 Å². The second-order valence-corrected chi connectivity index (χ2v) is 4.89. The third-order valence-corrected chi connectivity index (χ3v) is 2.10. The molecule has 0 aliphatic carbocycles. The number of carbonyl (C=O) groups is 1. The average Bonchev–Trinajstić information content (AvgIpc) is 2.43.